The van der Waals surface area contributed by atoms with Gasteiger partial charge in [0.05, 0.1) is 4.90 Å². The number of rotatable bonds is 5. The molecule has 0 fully saturated rings. The summed E-state index contributed by atoms with van der Waals surface area (Å²) in [5.41, 5.74) is 1.53. The lowest BCUT2D eigenvalue weighted by Gasteiger charge is -2.08. The summed E-state index contributed by atoms with van der Waals surface area (Å²) in [5, 5.41) is 8.07. The number of nitrogens with one attached hydrogen (secondary N) is 1. The van der Waals surface area contributed by atoms with Gasteiger partial charge in [-0.15, -0.1) is 0 Å². The zero-order chi connectivity index (χ0) is 15.5. The Labute approximate surface area is 121 Å². The van der Waals surface area contributed by atoms with Crippen molar-refractivity contribution in [2.45, 2.75) is 17.9 Å². The second-order valence-corrected chi connectivity index (χ2v) is 6.03. The Kier molecular flexibility index (Phi) is 4.54. The predicted octanol–water partition coefficient (Wildman–Crippen LogP) is 2.88. The fourth-order valence-corrected chi connectivity index (χ4v) is 2.26. The molecule has 4 nitrogen and oxygen atoms in total. The standard InChI is InChI=1S/C14H14F2N2O2S/c15-14(16)11-3-1-10(2-4-11)9-18-12-5-7-13(8-6-12)21(17,19)20/h1-8,14,18H,9H2,(H2,17,19,20). The largest absolute Gasteiger partial charge is 0.381 e. The number of nitrogens with two attached hydrogens (primary N) is 1. The summed E-state index contributed by atoms with van der Waals surface area (Å²) in [6, 6.07) is 12.0. The van der Waals surface area contributed by atoms with E-state index in [4.69, 9.17) is 5.14 Å². The fraction of sp³-hybridized carbons (Fsp3) is 0.143. The zero-order valence-electron chi connectivity index (χ0n) is 11.0. The molecule has 2 aromatic carbocycles. The first kappa shape index (κ1) is 15.4. The topological polar surface area (TPSA) is 72.2 Å². The highest BCUT2D eigenvalue weighted by molar-refractivity contribution is 7.89. The minimum atomic E-state index is -3.70. The first-order valence-corrected chi connectivity index (χ1v) is 7.64. The monoisotopic (exact) mass is 312 g/mol. The smallest absolute Gasteiger partial charge is 0.263 e. The second-order valence-electron chi connectivity index (χ2n) is 4.47. The minimum absolute atomic E-state index is 0.0174. The van der Waals surface area contributed by atoms with Gasteiger partial charge in [-0.05, 0) is 29.8 Å². The van der Waals surface area contributed by atoms with Gasteiger partial charge in [-0.25, -0.2) is 22.3 Å². The Morgan fingerprint density at radius 2 is 1.57 bits per heavy atom. The quantitative estimate of drug-likeness (QED) is 0.891. The van der Waals surface area contributed by atoms with E-state index in [2.05, 4.69) is 5.32 Å². The van der Waals surface area contributed by atoms with E-state index in [0.717, 1.165) is 5.56 Å². The second kappa shape index (κ2) is 6.19. The van der Waals surface area contributed by atoms with Crippen molar-refractivity contribution in [1.29, 1.82) is 0 Å². The molecule has 112 valence electrons. The summed E-state index contributed by atoms with van der Waals surface area (Å²) in [7, 11) is -3.70. The highest BCUT2D eigenvalue weighted by Gasteiger charge is 2.07. The lowest BCUT2D eigenvalue weighted by molar-refractivity contribution is 0.151. The van der Waals surface area contributed by atoms with E-state index in [-0.39, 0.29) is 10.5 Å². The van der Waals surface area contributed by atoms with Crippen LogP contribution in [-0.4, -0.2) is 8.42 Å². The SMILES string of the molecule is NS(=O)(=O)c1ccc(NCc2ccc(C(F)F)cc2)cc1. The zero-order valence-corrected chi connectivity index (χ0v) is 11.8. The molecule has 3 N–H and O–H groups in total. The third-order valence-corrected chi connectivity index (χ3v) is 3.84. The molecular weight excluding hydrogens is 298 g/mol. The third-order valence-electron chi connectivity index (χ3n) is 2.91. The van der Waals surface area contributed by atoms with Crippen LogP contribution < -0.4 is 10.5 Å². The molecule has 0 radical (unpaired) electrons. The number of alkyl halides is 2. The molecule has 0 saturated carbocycles. The number of hydrogen-bond donors (Lipinski definition) is 2. The molecule has 0 aliphatic heterocycles. The summed E-state index contributed by atoms with van der Waals surface area (Å²) >= 11 is 0. The van der Waals surface area contributed by atoms with Crippen molar-refractivity contribution in [1.82, 2.24) is 0 Å². The highest BCUT2D eigenvalue weighted by Crippen LogP contribution is 2.19. The van der Waals surface area contributed by atoms with Gasteiger partial charge in [-0.2, -0.15) is 0 Å². The van der Waals surface area contributed by atoms with Gasteiger partial charge in [0.2, 0.25) is 10.0 Å². The Bertz CT molecular complexity index is 699. The van der Waals surface area contributed by atoms with Gasteiger partial charge < -0.3 is 5.32 Å². The van der Waals surface area contributed by atoms with Crippen LogP contribution in [0.4, 0.5) is 14.5 Å². The average Bonchev–Trinajstić information content (AvgIpc) is 2.45. The summed E-state index contributed by atoms with van der Waals surface area (Å²) in [4.78, 5) is 0.0364. The Morgan fingerprint density at radius 1 is 1.00 bits per heavy atom. The van der Waals surface area contributed by atoms with Crippen molar-refractivity contribution in [3.8, 4) is 0 Å². The van der Waals surface area contributed by atoms with Crippen LogP contribution in [0.5, 0.6) is 0 Å². The van der Waals surface area contributed by atoms with Crippen LogP contribution >= 0.6 is 0 Å². The maximum Gasteiger partial charge on any atom is 0.263 e. The Morgan fingerprint density at radius 3 is 2.05 bits per heavy atom. The predicted molar refractivity (Wildman–Crippen MR) is 76.5 cm³/mol. The molecule has 21 heavy (non-hydrogen) atoms. The highest BCUT2D eigenvalue weighted by atomic mass is 32.2. The summed E-state index contributed by atoms with van der Waals surface area (Å²) < 4.78 is 47.0. The molecule has 7 heteroatoms. The van der Waals surface area contributed by atoms with Gasteiger partial charge >= 0.3 is 0 Å². The van der Waals surface area contributed by atoms with E-state index >= 15 is 0 Å². The molecule has 0 atom stereocenters. The molecule has 0 amide bonds. The molecule has 0 aliphatic carbocycles. The fourth-order valence-electron chi connectivity index (χ4n) is 1.75. The maximum atomic E-state index is 12.4. The number of halogens is 2. The summed E-state index contributed by atoms with van der Waals surface area (Å²) in [6.07, 6.45) is -2.47. The molecule has 0 spiro atoms. The number of anilines is 1. The Hall–Kier alpha value is -1.99. The lowest BCUT2D eigenvalue weighted by atomic mass is 10.1. The van der Waals surface area contributed by atoms with Crippen molar-refractivity contribution in [3.05, 3.63) is 59.7 Å². The van der Waals surface area contributed by atoms with Gasteiger partial charge in [0, 0.05) is 17.8 Å². The number of sulfonamides is 1. The molecular formula is C14H14F2N2O2S. The molecule has 0 aliphatic rings. The van der Waals surface area contributed by atoms with Crippen molar-refractivity contribution in [2.75, 3.05) is 5.32 Å². The van der Waals surface area contributed by atoms with E-state index in [9.17, 15) is 17.2 Å². The number of hydrogen-bond acceptors (Lipinski definition) is 3. The van der Waals surface area contributed by atoms with Crippen molar-refractivity contribution >= 4 is 15.7 Å². The van der Waals surface area contributed by atoms with Crippen LogP contribution in [0.2, 0.25) is 0 Å². The van der Waals surface area contributed by atoms with E-state index in [1.165, 1.54) is 24.3 Å². The van der Waals surface area contributed by atoms with Crippen LogP contribution in [-0.2, 0) is 16.6 Å². The van der Waals surface area contributed by atoms with Crippen LogP contribution in [0.1, 0.15) is 17.6 Å². The minimum Gasteiger partial charge on any atom is -0.381 e. The first-order valence-electron chi connectivity index (χ1n) is 6.10. The number of benzene rings is 2. The van der Waals surface area contributed by atoms with Crippen LogP contribution in [0.3, 0.4) is 0 Å². The van der Waals surface area contributed by atoms with Gasteiger partial charge in [-0.3, -0.25) is 0 Å². The molecule has 0 saturated heterocycles. The summed E-state index contributed by atoms with van der Waals surface area (Å²) in [6.45, 7) is 0.443. The lowest BCUT2D eigenvalue weighted by Crippen LogP contribution is -2.12. The molecule has 2 rings (SSSR count). The molecule has 0 unspecified atom stereocenters. The molecule has 2 aromatic rings. The average molecular weight is 312 g/mol. The van der Waals surface area contributed by atoms with E-state index in [1.807, 2.05) is 0 Å². The van der Waals surface area contributed by atoms with Gasteiger partial charge in [0.15, 0.2) is 0 Å². The van der Waals surface area contributed by atoms with E-state index < -0.39 is 16.4 Å². The Balaban J connectivity index is 2.00. The van der Waals surface area contributed by atoms with Crippen molar-refractivity contribution < 1.29 is 17.2 Å². The van der Waals surface area contributed by atoms with Crippen molar-refractivity contribution in [3.63, 3.8) is 0 Å². The van der Waals surface area contributed by atoms with Crippen molar-refractivity contribution in [2.24, 2.45) is 5.14 Å². The third kappa shape index (κ3) is 4.24. The van der Waals surface area contributed by atoms with Gasteiger partial charge in [0.1, 0.15) is 0 Å². The van der Waals surface area contributed by atoms with E-state index in [0.29, 0.717) is 12.2 Å². The normalized spacial score (nSPS) is 11.6. The number of primary sulfonamides is 1. The van der Waals surface area contributed by atoms with Gasteiger partial charge in [-0.1, -0.05) is 24.3 Å². The summed E-state index contributed by atoms with van der Waals surface area (Å²) in [5.74, 6) is 0. The van der Waals surface area contributed by atoms with Crippen LogP contribution in [0.25, 0.3) is 0 Å². The first-order chi connectivity index (χ1) is 9.86. The maximum absolute atomic E-state index is 12.4. The molecule has 0 heterocycles. The van der Waals surface area contributed by atoms with Crippen LogP contribution in [0.15, 0.2) is 53.4 Å². The van der Waals surface area contributed by atoms with E-state index in [1.54, 1.807) is 24.3 Å². The van der Waals surface area contributed by atoms with Gasteiger partial charge in [0.25, 0.3) is 6.43 Å². The molecule has 0 bridgehead atoms. The molecule has 0 aromatic heterocycles. The van der Waals surface area contributed by atoms with Crippen LogP contribution in [0, 0.1) is 0 Å².